The molecule has 0 bridgehead atoms. The van der Waals surface area contributed by atoms with Gasteiger partial charge in [-0.3, -0.25) is 0 Å². The molecule has 1 heterocycles. The highest BCUT2D eigenvalue weighted by Crippen LogP contribution is 2.12. The summed E-state index contributed by atoms with van der Waals surface area (Å²) in [5.41, 5.74) is 0. The van der Waals surface area contributed by atoms with Crippen LogP contribution in [0.3, 0.4) is 0 Å². The molecule has 1 aliphatic rings. The molecule has 2 heteroatoms. The molecule has 0 aliphatic carbocycles. The average molecular weight is 114 g/mol. The van der Waals surface area contributed by atoms with Crippen LogP contribution in [0.5, 0.6) is 0 Å². The summed E-state index contributed by atoms with van der Waals surface area (Å²) < 4.78 is 10.4. The van der Waals surface area contributed by atoms with Crippen molar-refractivity contribution < 1.29 is 4.55 Å². The van der Waals surface area contributed by atoms with Gasteiger partial charge in [0.25, 0.3) is 0 Å². The Balaban J connectivity index is 2.12. The van der Waals surface area contributed by atoms with Gasteiger partial charge in [-0.15, -0.1) is 0 Å². The van der Waals surface area contributed by atoms with E-state index >= 15 is 0 Å². The molecule has 1 saturated heterocycles. The molecule has 38 valence electrons. The fraction of sp³-hybridized carbons (Fsp3) is 0.600. The molecule has 4 radical (unpaired) electrons. The zero-order valence-corrected chi connectivity index (χ0v) is 4.75. The first-order chi connectivity index (χ1) is 3.39. The third-order valence-electron chi connectivity index (χ3n) is 0.818. The Morgan fingerprint density at radius 2 is 2.43 bits per heavy atom. The van der Waals surface area contributed by atoms with Gasteiger partial charge in [0.15, 0.2) is 0 Å². The van der Waals surface area contributed by atoms with Gasteiger partial charge in [0, 0.05) is 0 Å². The third kappa shape index (κ3) is 1.70. The SMILES string of the molecule is [O-][S+]1[C][C]CCC1. The molecule has 0 aromatic heterocycles. The summed E-state index contributed by atoms with van der Waals surface area (Å²) in [6.45, 7) is 0. The Kier molecular flexibility index (Phi) is 2.00. The van der Waals surface area contributed by atoms with E-state index in [0.717, 1.165) is 18.6 Å². The summed E-state index contributed by atoms with van der Waals surface area (Å²) in [4.78, 5) is 0. The molecule has 0 aromatic rings. The van der Waals surface area contributed by atoms with Gasteiger partial charge in [-0.05, 0) is 24.0 Å². The van der Waals surface area contributed by atoms with Crippen LogP contribution < -0.4 is 0 Å². The lowest BCUT2D eigenvalue weighted by Crippen LogP contribution is -2.11. The normalized spacial score (nSPS) is 25.3. The second-order valence-corrected chi connectivity index (χ2v) is 2.74. The largest absolute Gasteiger partial charge is 0.616 e. The van der Waals surface area contributed by atoms with Gasteiger partial charge in [0.1, 0.15) is 5.75 Å². The molecule has 0 saturated carbocycles. The van der Waals surface area contributed by atoms with E-state index < -0.39 is 11.2 Å². The van der Waals surface area contributed by atoms with Crippen LogP contribution in [0.2, 0.25) is 0 Å². The molecular weight excluding hydrogens is 108 g/mol. The van der Waals surface area contributed by atoms with E-state index in [1.165, 1.54) is 0 Å². The van der Waals surface area contributed by atoms with Crippen molar-refractivity contribution in [3.8, 4) is 0 Å². The molecular formula is C5H6OS. The molecule has 1 atom stereocenters. The Morgan fingerprint density at radius 1 is 1.57 bits per heavy atom. The van der Waals surface area contributed by atoms with E-state index in [-0.39, 0.29) is 0 Å². The lowest BCUT2D eigenvalue weighted by Gasteiger charge is -2.11. The smallest absolute Gasteiger partial charge is 0.244 e. The topological polar surface area (TPSA) is 23.1 Å². The molecule has 1 nitrogen and oxygen atoms in total. The minimum atomic E-state index is -0.801. The fourth-order valence-electron chi connectivity index (χ4n) is 0.474. The maximum atomic E-state index is 10.4. The zero-order chi connectivity index (χ0) is 5.11. The molecule has 0 aromatic carbocycles. The molecule has 7 heavy (non-hydrogen) atoms. The highest BCUT2D eigenvalue weighted by Gasteiger charge is 2.14. The van der Waals surface area contributed by atoms with Gasteiger partial charge >= 0.3 is 0 Å². The van der Waals surface area contributed by atoms with E-state index in [4.69, 9.17) is 0 Å². The minimum Gasteiger partial charge on any atom is -0.616 e. The van der Waals surface area contributed by atoms with E-state index in [1.54, 1.807) is 0 Å². The molecule has 0 amide bonds. The Morgan fingerprint density at radius 3 is 2.71 bits per heavy atom. The quantitative estimate of drug-likeness (QED) is 0.424. The predicted molar refractivity (Wildman–Crippen MR) is 28.7 cm³/mol. The summed E-state index contributed by atoms with van der Waals surface area (Å²) in [5.74, 6) is 3.39. The first-order valence-electron chi connectivity index (χ1n) is 2.26. The molecule has 0 spiro atoms. The Hall–Kier alpha value is 0.310. The highest BCUT2D eigenvalue weighted by atomic mass is 32.2. The predicted octanol–water partition coefficient (Wildman–Crippen LogP) is 0.649. The number of rotatable bonds is 0. The van der Waals surface area contributed by atoms with Gasteiger partial charge in [0.05, 0.1) is 6.42 Å². The summed E-state index contributed by atoms with van der Waals surface area (Å²) in [6.07, 6.45) is 4.73. The second kappa shape index (κ2) is 2.58. The Labute approximate surface area is 47.3 Å². The van der Waals surface area contributed by atoms with Crippen LogP contribution in [0.1, 0.15) is 12.8 Å². The first kappa shape index (κ1) is 5.45. The summed E-state index contributed by atoms with van der Waals surface area (Å²) in [7, 11) is 0. The van der Waals surface area contributed by atoms with Crippen LogP contribution >= 0.6 is 0 Å². The van der Waals surface area contributed by atoms with Gasteiger partial charge < -0.3 is 4.55 Å². The Bertz CT molecular complexity index is 50.0. The van der Waals surface area contributed by atoms with Crippen molar-refractivity contribution in [1.82, 2.24) is 0 Å². The zero-order valence-electron chi connectivity index (χ0n) is 3.94. The van der Waals surface area contributed by atoms with E-state index in [1.807, 2.05) is 0 Å². The molecule has 1 aliphatic heterocycles. The van der Waals surface area contributed by atoms with E-state index in [2.05, 4.69) is 12.2 Å². The second-order valence-electron chi connectivity index (χ2n) is 1.43. The fourth-order valence-corrected chi connectivity index (χ4v) is 1.25. The van der Waals surface area contributed by atoms with Crippen LogP contribution in [0.15, 0.2) is 0 Å². The van der Waals surface area contributed by atoms with E-state index in [0.29, 0.717) is 0 Å². The highest BCUT2D eigenvalue weighted by molar-refractivity contribution is 7.93. The first-order valence-corrected chi connectivity index (χ1v) is 3.58. The lowest BCUT2D eigenvalue weighted by molar-refractivity contribution is 0.593. The van der Waals surface area contributed by atoms with E-state index in [9.17, 15) is 4.55 Å². The minimum absolute atomic E-state index is 0.785. The van der Waals surface area contributed by atoms with Gasteiger partial charge in [0.2, 0.25) is 5.75 Å². The lowest BCUT2D eigenvalue weighted by atomic mass is 10.3. The average Bonchev–Trinajstić information content (AvgIpc) is 1.69. The van der Waals surface area contributed by atoms with Gasteiger partial charge in [-0.2, -0.15) is 0 Å². The molecule has 1 unspecified atom stereocenters. The maximum absolute atomic E-state index is 10.4. The van der Waals surface area contributed by atoms with Crippen LogP contribution in [0.25, 0.3) is 0 Å². The van der Waals surface area contributed by atoms with Crippen LogP contribution in [-0.2, 0) is 11.2 Å². The third-order valence-corrected chi connectivity index (χ3v) is 1.85. The number of hydrogen-bond acceptors (Lipinski definition) is 1. The van der Waals surface area contributed by atoms with Crippen molar-refractivity contribution in [2.24, 2.45) is 0 Å². The van der Waals surface area contributed by atoms with Crippen LogP contribution in [-0.4, -0.2) is 10.3 Å². The van der Waals surface area contributed by atoms with Crippen molar-refractivity contribution in [3.63, 3.8) is 0 Å². The molecule has 1 rings (SSSR count). The van der Waals surface area contributed by atoms with Crippen molar-refractivity contribution in [2.45, 2.75) is 12.8 Å². The molecule has 0 N–H and O–H groups in total. The van der Waals surface area contributed by atoms with Crippen LogP contribution in [0.4, 0.5) is 0 Å². The van der Waals surface area contributed by atoms with Gasteiger partial charge in [-0.1, -0.05) is 0 Å². The van der Waals surface area contributed by atoms with Crippen molar-refractivity contribution in [3.05, 3.63) is 12.2 Å². The van der Waals surface area contributed by atoms with Gasteiger partial charge in [-0.25, -0.2) is 0 Å². The standard InChI is InChI=1S/C5H6OS/c6-7-4-2-1-3-5-7/h1-2,4H2. The van der Waals surface area contributed by atoms with Crippen molar-refractivity contribution in [1.29, 1.82) is 0 Å². The number of hydrogen-bond donors (Lipinski definition) is 0. The van der Waals surface area contributed by atoms with Crippen molar-refractivity contribution >= 4 is 11.2 Å². The maximum Gasteiger partial charge on any atom is 0.244 e. The summed E-state index contributed by atoms with van der Waals surface area (Å²) in [5, 5.41) is 0. The molecule has 1 fully saturated rings. The summed E-state index contributed by atoms with van der Waals surface area (Å²) >= 11 is -0.801. The monoisotopic (exact) mass is 114 g/mol. The van der Waals surface area contributed by atoms with Crippen molar-refractivity contribution in [2.75, 3.05) is 5.75 Å². The summed E-state index contributed by atoms with van der Waals surface area (Å²) in [6, 6.07) is 0. The van der Waals surface area contributed by atoms with Crippen LogP contribution in [0, 0.1) is 12.2 Å².